The first kappa shape index (κ1) is 25.4. The molecule has 36 heavy (non-hydrogen) atoms. The minimum Gasteiger partial charge on any atom is -0.493 e. The Labute approximate surface area is 213 Å². The van der Waals surface area contributed by atoms with Crippen molar-refractivity contribution in [3.05, 3.63) is 89.0 Å². The standard InChI is InChI=1S/C31H34O5/c1-4-6-15-34-29-14-7-21(3)16-28(29)24-10-8-22(9-11-24)19-35-25-12-13-26-27(18-31(32)33)23(5-2)20-36-30(26)17-25/h5,7-14,16-17,27H,4,6,15,18-20H2,1-3H3,(H,32,33). The van der Waals surface area contributed by atoms with Crippen LogP contribution < -0.4 is 14.2 Å². The van der Waals surface area contributed by atoms with Crippen molar-refractivity contribution in [2.45, 2.75) is 52.6 Å². The van der Waals surface area contributed by atoms with Gasteiger partial charge in [0.15, 0.2) is 0 Å². The topological polar surface area (TPSA) is 65.0 Å². The molecule has 188 valence electrons. The van der Waals surface area contributed by atoms with E-state index in [0.29, 0.717) is 24.7 Å². The van der Waals surface area contributed by atoms with E-state index >= 15 is 0 Å². The Morgan fingerprint density at radius 1 is 1.08 bits per heavy atom. The number of aryl methyl sites for hydroxylation is 1. The van der Waals surface area contributed by atoms with Gasteiger partial charge in [-0.2, -0.15) is 0 Å². The van der Waals surface area contributed by atoms with Crippen LogP contribution in [-0.2, 0) is 11.4 Å². The predicted molar refractivity (Wildman–Crippen MR) is 142 cm³/mol. The van der Waals surface area contributed by atoms with Crippen molar-refractivity contribution < 1.29 is 24.1 Å². The maximum Gasteiger partial charge on any atom is 0.304 e. The lowest BCUT2D eigenvalue weighted by molar-refractivity contribution is -0.137. The Morgan fingerprint density at radius 3 is 2.61 bits per heavy atom. The number of hydrogen-bond donors (Lipinski definition) is 1. The van der Waals surface area contributed by atoms with Crippen molar-refractivity contribution in [2.24, 2.45) is 0 Å². The summed E-state index contributed by atoms with van der Waals surface area (Å²) in [6.07, 6.45) is 4.14. The van der Waals surface area contributed by atoms with Gasteiger partial charge in [-0.3, -0.25) is 4.79 Å². The molecule has 3 aromatic carbocycles. The maximum atomic E-state index is 11.4. The third-order valence-electron chi connectivity index (χ3n) is 6.51. The van der Waals surface area contributed by atoms with E-state index in [1.807, 2.05) is 31.2 Å². The van der Waals surface area contributed by atoms with Gasteiger partial charge in [0.1, 0.15) is 30.5 Å². The highest BCUT2D eigenvalue weighted by Crippen LogP contribution is 2.41. The van der Waals surface area contributed by atoms with E-state index in [1.54, 1.807) is 0 Å². The highest BCUT2D eigenvalue weighted by atomic mass is 16.5. The van der Waals surface area contributed by atoms with Crippen LogP contribution in [0, 0.1) is 6.92 Å². The van der Waals surface area contributed by atoms with Crippen molar-refractivity contribution in [3.63, 3.8) is 0 Å². The van der Waals surface area contributed by atoms with E-state index in [0.717, 1.165) is 53.0 Å². The number of rotatable bonds is 10. The molecule has 1 heterocycles. The zero-order valence-electron chi connectivity index (χ0n) is 21.3. The van der Waals surface area contributed by atoms with E-state index in [4.69, 9.17) is 14.2 Å². The number of carbonyl (C=O) groups is 1. The molecule has 1 aliphatic heterocycles. The zero-order chi connectivity index (χ0) is 25.5. The van der Waals surface area contributed by atoms with Crippen molar-refractivity contribution in [3.8, 4) is 28.4 Å². The fourth-order valence-electron chi connectivity index (χ4n) is 4.45. The molecule has 1 N–H and O–H groups in total. The van der Waals surface area contributed by atoms with Gasteiger partial charge in [-0.05, 0) is 55.2 Å². The van der Waals surface area contributed by atoms with Gasteiger partial charge in [0, 0.05) is 23.1 Å². The van der Waals surface area contributed by atoms with Crippen molar-refractivity contribution in [1.82, 2.24) is 0 Å². The quantitative estimate of drug-likeness (QED) is 0.240. The molecule has 0 aliphatic carbocycles. The highest BCUT2D eigenvalue weighted by Gasteiger charge is 2.27. The number of unbranched alkanes of at least 4 members (excludes halogenated alkanes) is 1. The number of allylic oxidation sites excluding steroid dienone is 1. The molecule has 0 aromatic heterocycles. The Hall–Kier alpha value is -3.73. The summed E-state index contributed by atoms with van der Waals surface area (Å²) < 4.78 is 18.0. The molecule has 0 bridgehead atoms. The minimum atomic E-state index is -0.818. The molecule has 5 nitrogen and oxygen atoms in total. The van der Waals surface area contributed by atoms with Crippen LogP contribution in [0.25, 0.3) is 11.1 Å². The molecule has 0 saturated carbocycles. The second-order valence-corrected chi connectivity index (χ2v) is 9.19. The van der Waals surface area contributed by atoms with E-state index in [-0.39, 0.29) is 12.3 Å². The first-order valence-corrected chi connectivity index (χ1v) is 12.6. The Morgan fingerprint density at radius 2 is 1.89 bits per heavy atom. The molecular formula is C31H34O5. The summed E-state index contributed by atoms with van der Waals surface area (Å²) in [4.78, 5) is 11.4. The van der Waals surface area contributed by atoms with Crippen LogP contribution in [0.3, 0.4) is 0 Å². The Bertz CT molecular complexity index is 1230. The van der Waals surface area contributed by atoms with Crippen LogP contribution in [0.4, 0.5) is 0 Å². The van der Waals surface area contributed by atoms with Gasteiger partial charge in [-0.1, -0.05) is 61.4 Å². The molecule has 1 atom stereocenters. The van der Waals surface area contributed by atoms with Gasteiger partial charge in [0.2, 0.25) is 0 Å². The molecule has 0 radical (unpaired) electrons. The third kappa shape index (κ3) is 6.09. The highest BCUT2D eigenvalue weighted by molar-refractivity contribution is 5.71. The summed E-state index contributed by atoms with van der Waals surface area (Å²) in [6.45, 7) is 7.71. The summed E-state index contributed by atoms with van der Waals surface area (Å²) >= 11 is 0. The average Bonchev–Trinajstić information content (AvgIpc) is 2.88. The van der Waals surface area contributed by atoms with Gasteiger partial charge < -0.3 is 19.3 Å². The van der Waals surface area contributed by atoms with Crippen molar-refractivity contribution in [1.29, 1.82) is 0 Å². The van der Waals surface area contributed by atoms with Crippen molar-refractivity contribution in [2.75, 3.05) is 13.2 Å². The average molecular weight is 487 g/mol. The number of hydrogen-bond acceptors (Lipinski definition) is 4. The molecule has 0 spiro atoms. The van der Waals surface area contributed by atoms with Crippen LogP contribution in [0.5, 0.6) is 17.2 Å². The second-order valence-electron chi connectivity index (χ2n) is 9.19. The number of fused-ring (bicyclic) bond motifs is 1. The van der Waals surface area contributed by atoms with E-state index in [9.17, 15) is 9.90 Å². The first-order valence-electron chi connectivity index (χ1n) is 12.6. The SMILES string of the molecule is CC=C1COc2cc(OCc3ccc(-c4cc(C)ccc4OCCCC)cc3)ccc2C1CC(=O)O. The lowest BCUT2D eigenvalue weighted by Gasteiger charge is -2.28. The molecule has 1 aliphatic rings. The maximum absolute atomic E-state index is 11.4. The van der Waals surface area contributed by atoms with Crippen LogP contribution in [0.2, 0.25) is 0 Å². The van der Waals surface area contributed by atoms with Crippen LogP contribution in [0.1, 0.15) is 55.7 Å². The number of aliphatic carboxylic acids is 1. The lowest BCUT2D eigenvalue weighted by Crippen LogP contribution is -2.20. The predicted octanol–water partition coefficient (Wildman–Crippen LogP) is 7.32. The second kappa shape index (κ2) is 11.8. The van der Waals surface area contributed by atoms with Gasteiger partial charge in [-0.15, -0.1) is 0 Å². The van der Waals surface area contributed by atoms with Gasteiger partial charge >= 0.3 is 5.97 Å². The van der Waals surface area contributed by atoms with Crippen molar-refractivity contribution >= 4 is 5.97 Å². The number of carboxylic acid groups (broad SMARTS) is 1. The van der Waals surface area contributed by atoms with Gasteiger partial charge in [-0.25, -0.2) is 0 Å². The fraction of sp³-hybridized carbons (Fsp3) is 0.323. The zero-order valence-corrected chi connectivity index (χ0v) is 21.3. The van der Waals surface area contributed by atoms with E-state index < -0.39 is 5.97 Å². The monoisotopic (exact) mass is 486 g/mol. The van der Waals surface area contributed by atoms with Gasteiger partial charge in [0.25, 0.3) is 0 Å². The normalized spacial score (nSPS) is 15.8. The lowest BCUT2D eigenvalue weighted by atomic mass is 9.86. The first-order chi connectivity index (χ1) is 17.5. The molecule has 0 amide bonds. The Kier molecular flexibility index (Phi) is 8.32. The summed E-state index contributed by atoms with van der Waals surface area (Å²) in [6, 6.07) is 20.3. The number of benzene rings is 3. The smallest absolute Gasteiger partial charge is 0.304 e. The van der Waals surface area contributed by atoms with Crippen LogP contribution in [0.15, 0.2) is 72.3 Å². The largest absolute Gasteiger partial charge is 0.493 e. The van der Waals surface area contributed by atoms with Crippen LogP contribution in [-0.4, -0.2) is 24.3 Å². The molecule has 1 unspecified atom stereocenters. The number of ether oxygens (including phenoxy) is 3. The van der Waals surface area contributed by atoms with E-state index in [2.05, 4.69) is 56.3 Å². The summed E-state index contributed by atoms with van der Waals surface area (Å²) in [5.74, 6) is 1.31. The summed E-state index contributed by atoms with van der Waals surface area (Å²) in [5, 5.41) is 9.34. The third-order valence-corrected chi connectivity index (χ3v) is 6.51. The summed E-state index contributed by atoms with van der Waals surface area (Å²) in [7, 11) is 0. The van der Waals surface area contributed by atoms with Crippen LogP contribution >= 0.6 is 0 Å². The van der Waals surface area contributed by atoms with Gasteiger partial charge in [0.05, 0.1) is 13.0 Å². The Balaban J connectivity index is 1.45. The minimum absolute atomic E-state index is 0.0505. The molecule has 0 fully saturated rings. The molecule has 3 aromatic rings. The fourth-order valence-corrected chi connectivity index (χ4v) is 4.45. The number of carboxylic acids is 1. The molecular weight excluding hydrogens is 452 g/mol. The van der Waals surface area contributed by atoms with E-state index in [1.165, 1.54) is 5.56 Å². The molecule has 0 saturated heterocycles. The summed E-state index contributed by atoms with van der Waals surface area (Å²) in [5.41, 5.74) is 6.34. The molecule has 5 heteroatoms. The molecule has 4 rings (SSSR count).